The first kappa shape index (κ1) is 10.8. The Morgan fingerprint density at radius 2 is 2.11 bits per heavy atom. The Kier molecular flexibility index (Phi) is 2.30. The van der Waals surface area contributed by atoms with Gasteiger partial charge >= 0.3 is 5.97 Å². The molecule has 3 rings (SSSR count). The third kappa shape index (κ3) is 1.39. The maximum atomic E-state index is 11.2. The molecular formula is C14H11NO3. The van der Waals surface area contributed by atoms with E-state index in [9.17, 15) is 9.59 Å². The predicted octanol–water partition coefficient (Wildman–Crippen LogP) is 2.22. The molecule has 0 radical (unpaired) electrons. The predicted molar refractivity (Wildman–Crippen MR) is 65.9 cm³/mol. The van der Waals surface area contributed by atoms with Gasteiger partial charge in [0, 0.05) is 18.3 Å². The second kappa shape index (κ2) is 3.84. The van der Waals surface area contributed by atoms with Crippen LogP contribution in [0.2, 0.25) is 0 Å². The molecule has 1 aliphatic heterocycles. The fraction of sp³-hybridized carbons (Fsp3) is 0.143. The van der Waals surface area contributed by atoms with E-state index in [-0.39, 0.29) is 11.1 Å². The van der Waals surface area contributed by atoms with Gasteiger partial charge in [0.25, 0.3) is 0 Å². The van der Waals surface area contributed by atoms with Gasteiger partial charge in [-0.25, -0.2) is 4.79 Å². The third-order valence-corrected chi connectivity index (χ3v) is 3.36. The zero-order valence-electron chi connectivity index (χ0n) is 9.59. The molecule has 90 valence electrons. The van der Waals surface area contributed by atoms with E-state index < -0.39 is 5.97 Å². The zero-order chi connectivity index (χ0) is 12.7. The first-order chi connectivity index (χ1) is 8.72. The Balaban J connectivity index is 2.32. The maximum Gasteiger partial charge on any atom is 0.337 e. The van der Waals surface area contributed by atoms with Crippen LogP contribution in [0.4, 0.5) is 0 Å². The summed E-state index contributed by atoms with van der Waals surface area (Å²) < 4.78 is 1.86. The number of carboxylic acids is 1. The average Bonchev–Trinajstić information content (AvgIpc) is 2.77. The molecule has 0 unspecified atom stereocenters. The third-order valence-electron chi connectivity index (χ3n) is 3.36. The summed E-state index contributed by atoms with van der Waals surface area (Å²) in [6.07, 6.45) is 3.05. The second-order valence-electron chi connectivity index (χ2n) is 4.33. The molecule has 2 heterocycles. The van der Waals surface area contributed by atoms with E-state index in [4.69, 9.17) is 5.11 Å². The Morgan fingerprint density at radius 1 is 1.33 bits per heavy atom. The van der Waals surface area contributed by atoms with Gasteiger partial charge in [-0.05, 0) is 12.0 Å². The van der Waals surface area contributed by atoms with Crippen LogP contribution < -0.4 is 0 Å². The van der Waals surface area contributed by atoms with Gasteiger partial charge in [0.1, 0.15) is 0 Å². The Bertz CT molecular complexity index is 655. The minimum Gasteiger partial charge on any atom is -0.478 e. The van der Waals surface area contributed by atoms with Crippen LogP contribution in [0.1, 0.15) is 26.3 Å². The lowest BCUT2D eigenvalue weighted by Crippen LogP contribution is -2.10. The van der Waals surface area contributed by atoms with Crippen LogP contribution in [-0.2, 0) is 13.0 Å². The summed E-state index contributed by atoms with van der Waals surface area (Å²) in [5, 5.41) is 9.12. The number of hydrogen-bond acceptors (Lipinski definition) is 2. The molecule has 18 heavy (non-hydrogen) atoms. The van der Waals surface area contributed by atoms with Gasteiger partial charge < -0.3 is 9.67 Å². The Hall–Kier alpha value is -2.36. The number of aryl methyl sites for hydroxylation is 2. The van der Waals surface area contributed by atoms with Crippen molar-refractivity contribution in [1.29, 1.82) is 0 Å². The number of carboxylic acid groups (broad SMARTS) is 1. The summed E-state index contributed by atoms with van der Waals surface area (Å²) in [5.41, 5.74) is 3.19. The number of hydrogen-bond donors (Lipinski definition) is 1. The maximum absolute atomic E-state index is 11.2. The molecule has 2 aromatic rings. The molecule has 0 fully saturated rings. The topological polar surface area (TPSA) is 59.3 Å². The molecule has 0 bridgehead atoms. The number of fused-ring (bicyclic) bond motifs is 3. The largest absolute Gasteiger partial charge is 0.478 e. The molecule has 1 aromatic carbocycles. The van der Waals surface area contributed by atoms with Crippen molar-refractivity contribution in [2.75, 3.05) is 0 Å². The molecule has 0 atom stereocenters. The summed E-state index contributed by atoms with van der Waals surface area (Å²) in [5.74, 6) is -1.06. The van der Waals surface area contributed by atoms with Gasteiger partial charge in [-0.3, -0.25) is 4.79 Å². The lowest BCUT2D eigenvalue weighted by atomic mass is 9.96. The summed E-state index contributed by atoms with van der Waals surface area (Å²) >= 11 is 0. The number of nitrogens with zero attached hydrogens (tertiary/aromatic N) is 1. The summed E-state index contributed by atoms with van der Waals surface area (Å²) in [6, 6.07) is 7.80. The van der Waals surface area contributed by atoms with Crippen molar-refractivity contribution in [2.24, 2.45) is 0 Å². The number of benzene rings is 1. The minimum atomic E-state index is -1.06. The smallest absolute Gasteiger partial charge is 0.337 e. The summed E-state index contributed by atoms with van der Waals surface area (Å²) in [4.78, 5) is 22.3. The van der Waals surface area contributed by atoms with Gasteiger partial charge in [0.05, 0.1) is 16.8 Å². The van der Waals surface area contributed by atoms with Crippen molar-refractivity contribution < 1.29 is 14.7 Å². The monoisotopic (exact) mass is 241 g/mol. The SMILES string of the molecule is O=Cc1c(C(=O)O)cn2c1-c1ccccc1CC2. The van der Waals surface area contributed by atoms with Crippen molar-refractivity contribution >= 4 is 12.3 Å². The van der Waals surface area contributed by atoms with Gasteiger partial charge in [0.15, 0.2) is 6.29 Å². The van der Waals surface area contributed by atoms with Crippen LogP contribution in [0.5, 0.6) is 0 Å². The van der Waals surface area contributed by atoms with E-state index in [1.165, 1.54) is 0 Å². The van der Waals surface area contributed by atoms with Gasteiger partial charge in [-0.2, -0.15) is 0 Å². The van der Waals surface area contributed by atoms with E-state index in [2.05, 4.69) is 0 Å². The molecule has 0 saturated carbocycles. The molecule has 1 aliphatic rings. The zero-order valence-corrected chi connectivity index (χ0v) is 9.59. The molecule has 0 amide bonds. The number of aldehydes is 1. The number of aromatic nitrogens is 1. The highest BCUT2D eigenvalue weighted by Crippen LogP contribution is 2.34. The van der Waals surface area contributed by atoms with Crippen molar-refractivity contribution in [1.82, 2.24) is 4.57 Å². The average molecular weight is 241 g/mol. The van der Waals surface area contributed by atoms with Gasteiger partial charge in [-0.15, -0.1) is 0 Å². The van der Waals surface area contributed by atoms with E-state index >= 15 is 0 Å². The summed E-state index contributed by atoms with van der Waals surface area (Å²) in [6.45, 7) is 0.709. The van der Waals surface area contributed by atoms with E-state index in [1.807, 2.05) is 28.8 Å². The molecule has 0 spiro atoms. The lowest BCUT2D eigenvalue weighted by molar-refractivity contribution is 0.0694. The van der Waals surface area contributed by atoms with Crippen LogP contribution >= 0.6 is 0 Å². The minimum absolute atomic E-state index is 0.0803. The number of carbonyl (C=O) groups is 2. The van der Waals surface area contributed by atoms with Crippen LogP contribution in [0.15, 0.2) is 30.5 Å². The van der Waals surface area contributed by atoms with E-state index in [0.717, 1.165) is 23.2 Å². The summed E-state index contributed by atoms with van der Waals surface area (Å²) in [7, 11) is 0. The number of aromatic carboxylic acids is 1. The first-order valence-electron chi connectivity index (χ1n) is 5.72. The Morgan fingerprint density at radius 3 is 2.83 bits per heavy atom. The van der Waals surface area contributed by atoms with Crippen LogP contribution in [0.25, 0.3) is 11.3 Å². The van der Waals surface area contributed by atoms with Crippen LogP contribution in [0, 0.1) is 0 Å². The fourth-order valence-corrected chi connectivity index (χ4v) is 2.55. The number of carbonyl (C=O) groups excluding carboxylic acids is 1. The van der Waals surface area contributed by atoms with Crippen LogP contribution in [0.3, 0.4) is 0 Å². The van der Waals surface area contributed by atoms with Crippen molar-refractivity contribution in [3.8, 4) is 11.3 Å². The van der Waals surface area contributed by atoms with Crippen molar-refractivity contribution in [3.05, 3.63) is 47.2 Å². The normalized spacial score (nSPS) is 12.7. The van der Waals surface area contributed by atoms with Crippen molar-refractivity contribution in [3.63, 3.8) is 0 Å². The highest BCUT2D eigenvalue weighted by molar-refractivity contribution is 6.02. The fourth-order valence-electron chi connectivity index (χ4n) is 2.55. The molecule has 1 aromatic heterocycles. The van der Waals surface area contributed by atoms with Crippen LogP contribution in [-0.4, -0.2) is 21.9 Å². The second-order valence-corrected chi connectivity index (χ2v) is 4.33. The lowest BCUT2D eigenvalue weighted by Gasteiger charge is -2.19. The van der Waals surface area contributed by atoms with Gasteiger partial charge in [-0.1, -0.05) is 24.3 Å². The Labute approximate surface area is 103 Å². The standard InChI is InChI=1S/C14H11NO3/c16-8-12-11(14(17)18)7-15-6-5-9-3-1-2-4-10(9)13(12)15/h1-4,7-8H,5-6H2,(H,17,18). The highest BCUT2D eigenvalue weighted by Gasteiger charge is 2.24. The molecule has 4 heteroatoms. The molecule has 1 N–H and O–H groups in total. The van der Waals surface area contributed by atoms with Gasteiger partial charge in [0.2, 0.25) is 0 Å². The van der Waals surface area contributed by atoms with Crippen molar-refractivity contribution in [2.45, 2.75) is 13.0 Å². The molecular weight excluding hydrogens is 230 g/mol. The van der Waals surface area contributed by atoms with E-state index in [0.29, 0.717) is 12.8 Å². The first-order valence-corrected chi connectivity index (χ1v) is 5.72. The number of rotatable bonds is 2. The highest BCUT2D eigenvalue weighted by atomic mass is 16.4. The molecule has 0 saturated heterocycles. The molecule has 4 nitrogen and oxygen atoms in total. The van der Waals surface area contributed by atoms with E-state index in [1.54, 1.807) is 6.20 Å². The molecule has 0 aliphatic carbocycles. The quantitative estimate of drug-likeness (QED) is 0.820.